The van der Waals surface area contributed by atoms with E-state index in [1.807, 2.05) is 18.2 Å². The van der Waals surface area contributed by atoms with E-state index in [2.05, 4.69) is 22.4 Å². The van der Waals surface area contributed by atoms with Crippen LogP contribution in [-0.4, -0.2) is 32.3 Å². The van der Waals surface area contributed by atoms with E-state index >= 15 is 0 Å². The molecule has 0 aliphatic carbocycles. The van der Waals surface area contributed by atoms with Gasteiger partial charge in [-0.3, -0.25) is 18.7 Å². The van der Waals surface area contributed by atoms with E-state index in [0.717, 1.165) is 16.7 Å². The lowest BCUT2D eigenvalue weighted by molar-refractivity contribution is 0.0949. The minimum Gasteiger partial charge on any atom is -0.351 e. The summed E-state index contributed by atoms with van der Waals surface area (Å²) in [7, 11) is 2.94. The predicted molar refractivity (Wildman–Crippen MR) is 106 cm³/mol. The lowest BCUT2D eigenvalue weighted by Crippen LogP contribution is -2.37. The number of fused-ring (bicyclic) bond motifs is 1. The van der Waals surface area contributed by atoms with Crippen LogP contribution in [0.4, 0.5) is 0 Å². The second kappa shape index (κ2) is 8.22. The quantitative estimate of drug-likeness (QED) is 0.515. The number of nitrogens with zero attached hydrogens (tertiary/aromatic N) is 3. The fraction of sp³-hybridized carbons (Fsp3) is 0.263. The zero-order valence-electron chi connectivity index (χ0n) is 15.1. The first-order valence-electron chi connectivity index (χ1n) is 8.52. The number of rotatable bonds is 6. The number of nitrogens with one attached hydrogen (secondary N) is 1. The lowest BCUT2D eigenvalue weighted by Gasteiger charge is -2.09. The highest BCUT2D eigenvalue weighted by atomic mass is 32.2. The molecule has 7 nitrogen and oxygen atoms in total. The van der Waals surface area contributed by atoms with E-state index in [0.29, 0.717) is 11.9 Å². The van der Waals surface area contributed by atoms with Crippen molar-refractivity contribution >= 4 is 28.7 Å². The molecule has 1 amide bonds. The molecule has 0 atom stereocenters. The molecule has 0 fully saturated rings. The fourth-order valence-electron chi connectivity index (χ4n) is 2.65. The summed E-state index contributed by atoms with van der Waals surface area (Å²) in [6.45, 7) is 0.522. The van der Waals surface area contributed by atoms with Crippen LogP contribution in [0, 0.1) is 0 Å². The van der Waals surface area contributed by atoms with Gasteiger partial charge in [-0.1, -0.05) is 18.2 Å². The average molecular weight is 384 g/mol. The van der Waals surface area contributed by atoms with Gasteiger partial charge in [-0.2, -0.15) is 0 Å². The standard InChI is InChI=1S/C19H20N4O3S/c1-22-16-14(18(25)23(2)19(22)26)9-10-15(21-16)17(24)20-11-6-12-27-13-7-4-3-5-8-13/h3-5,7-10H,6,11-12H2,1-2H3,(H,20,24). The molecule has 140 valence electrons. The molecule has 0 aliphatic heterocycles. The summed E-state index contributed by atoms with van der Waals surface area (Å²) in [6, 6.07) is 13.1. The van der Waals surface area contributed by atoms with E-state index in [-0.39, 0.29) is 17.2 Å². The Bertz CT molecular complexity index is 1090. The van der Waals surface area contributed by atoms with Crippen molar-refractivity contribution < 1.29 is 4.79 Å². The second-order valence-corrected chi connectivity index (χ2v) is 7.21. The van der Waals surface area contributed by atoms with Gasteiger partial charge in [-0.25, -0.2) is 9.78 Å². The van der Waals surface area contributed by atoms with Crippen molar-refractivity contribution in [1.82, 2.24) is 19.4 Å². The summed E-state index contributed by atoms with van der Waals surface area (Å²) >= 11 is 1.73. The highest BCUT2D eigenvalue weighted by molar-refractivity contribution is 7.99. The molecule has 1 aromatic carbocycles. The van der Waals surface area contributed by atoms with Crippen molar-refractivity contribution in [1.29, 1.82) is 0 Å². The predicted octanol–water partition coefficient (Wildman–Crippen LogP) is 1.54. The van der Waals surface area contributed by atoms with Crippen molar-refractivity contribution in [2.75, 3.05) is 12.3 Å². The van der Waals surface area contributed by atoms with Gasteiger partial charge in [0.25, 0.3) is 11.5 Å². The molecule has 0 bridgehead atoms. The monoisotopic (exact) mass is 384 g/mol. The summed E-state index contributed by atoms with van der Waals surface area (Å²) < 4.78 is 2.29. The molecule has 2 heterocycles. The summed E-state index contributed by atoms with van der Waals surface area (Å²) in [6.07, 6.45) is 0.817. The molecule has 8 heteroatoms. The van der Waals surface area contributed by atoms with Gasteiger partial charge in [-0.05, 0) is 36.4 Å². The normalized spacial score (nSPS) is 10.9. The van der Waals surface area contributed by atoms with Crippen LogP contribution in [0.25, 0.3) is 11.0 Å². The minimum absolute atomic E-state index is 0.182. The van der Waals surface area contributed by atoms with Crippen molar-refractivity contribution in [3.8, 4) is 0 Å². The molecule has 0 saturated carbocycles. The molecule has 0 saturated heterocycles. The third kappa shape index (κ3) is 4.11. The number of hydrogen-bond donors (Lipinski definition) is 1. The molecule has 3 aromatic rings. The van der Waals surface area contributed by atoms with Crippen LogP contribution in [0.1, 0.15) is 16.9 Å². The first-order valence-corrected chi connectivity index (χ1v) is 9.50. The van der Waals surface area contributed by atoms with E-state index in [4.69, 9.17) is 0 Å². The fourth-order valence-corrected chi connectivity index (χ4v) is 3.53. The number of pyridine rings is 1. The van der Waals surface area contributed by atoms with Gasteiger partial charge >= 0.3 is 5.69 Å². The zero-order valence-corrected chi connectivity index (χ0v) is 16.0. The Hall–Kier alpha value is -2.87. The van der Waals surface area contributed by atoms with Gasteiger partial charge < -0.3 is 5.32 Å². The van der Waals surface area contributed by atoms with Crippen LogP contribution in [0.3, 0.4) is 0 Å². The Morgan fingerprint density at radius 1 is 1.07 bits per heavy atom. The van der Waals surface area contributed by atoms with E-state index in [1.165, 1.54) is 35.7 Å². The van der Waals surface area contributed by atoms with Gasteiger partial charge in [0.1, 0.15) is 11.3 Å². The van der Waals surface area contributed by atoms with Crippen LogP contribution >= 0.6 is 11.8 Å². The van der Waals surface area contributed by atoms with Crippen molar-refractivity contribution in [2.45, 2.75) is 11.3 Å². The van der Waals surface area contributed by atoms with Crippen molar-refractivity contribution in [2.24, 2.45) is 14.1 Å². The van der Waals surface area contributed by atoms with Gasteiger partial charge in [0, 0.05) is 25.5 Å². The van der Waals surface area contributed by atoms with E-state index < -0.39 is 11.2 Å². The van der Waals surface area contributed by atoms with Crippen molar-refractivity contribution in [3.05, 3.63) is 69.0 Å². The average Bonchev–Trinajstić information content (AvgIpc) is 2.70. The number of hydrogen-bond acceptors (Lipinski definition) is 5. The van der Waals surface area contributed by atoms with E-state index in [1.54, 1.807) is 11.8 Å². The SMILES string of the molecule is Cn1c(=O)c2ccc(C(=O)NCCCSc3ccccc3)nc2n(C)c1=O. The number of thioether (sulfide) groups is 1. The molecule has 0 radical (unpaired) electrons. The zero-order chi connectivity index (χ0) is 19.4. The molecule has 1 N–H and O–H groups in total. The number of amides is 1. The molecule has 0 aliphatic rings. The Labute approximate surface area is 160 Å². The second-order valence-electron chi connectivity index (χ2n) is 6.04. The molecule has 0 spiro atoms. The van der Waals surface area contributed by atoms with Crippen LogP contribution in [0.15, 0.2) is 56.9 Å². The number of aryl methyl sites for hydroxylation is 1. The first-order chi connectivity index (χ1) is 13.0. The maximum absolute atomic E-state index is 12.3. The molecular formula is C19H20N4O3S. The number of aromatic nitrogens is 3. The molecule has 27 heavy (non-hydrogen) atoms. The number of benzene rings is 1. The Morgan fingerprint density at radius 3 is 2.56 bits per heavy atom. The Morgan fingerprint density at radius 2 is 1.81 bits per heavy atom. The van der Waals surface area contributed by atoms with Crippen LogP contribution < -0.4 is 16.6 Å². The third-order valence-electron chi connectivity index (χ3n) is 4.15. The first kappa shape index (κ1) is 18.9. The number of carbonyl (C=O) groups is 1. The molecule has 2 aromatic heterocycles. The lowest BCUT2D eigenvalue weighted by atomic mass is 10.2. The summed E-state index contributed by atoms with van der Waals surface area (Å²) in [5.74, 6) is 0.565. The molecule has 0 unspecified atom stereocenters. The Kier molecular flexibility index (Phi) is 5.75. The summed E-state index contributed by atoms with van der Waals surface area (Å²) in [5, 5.41) is 3.13. The third-order valence-corrected chi connectivity index (χ3v) is 5.25. The van der Waals surface area contributed by atoms with Gasteiger partial charge in [0.05, 0.1) is 5.39 Å². The van der Waals surface area contributed by atoms with E-state index in [9.17, 15) is 14.4 Å². The van der Waals surface area contributed by atoms with Crippen LogP contribution in [0.2, 0.25) is 0 Å². The smallest absolute Gasteiger partial charge is 0.332 e. The Balaban J connectivity index is 1.64. The van der Waals surface area contributed by atoms with Gasteiger partial charge in [0.15, 0.2) is 0 Å². The summed E-state index contributed by atoms with van der Waals surface area (Å²) in [5.41, 5.74) is -0.516. The molecular weight excluding hydrogens is 364 g/mol. The van der Waals surface area contributed by atoms with Crippen LogP contribution in [-0.2, 0) is 14.1 Å². The van der Waals surface area contributed by atoms with Crippen molar-refractivity contribution in [3.63, 3.8) is 0 Å². The largest absolute Gasteiger partial charge is 0.351 e. The van der Waals surface area contributed by atoms with Gasteiger partial charge in [-0.15, -0.1) is 11.8 Å². The molecule has 3 rings (SSSR count). The highest BCUT2D eigenvalue weighted by Crippen LogP contribution is 2.17. The minimum atomic E-state index is -0.476. The maximum Gasteiger partial charge on any atom is 0.332 e. The highest BCUT2D eigenvalue weighted by Gasteiger charge is 2.13. The number of carbonyl (C=O) groups excluding carboxylic acids is 1. The topological polar surface area (TPSA) is 86.0 Å². The maximum atomic E-state index is 12.3. The van der Waals surface area contributed by atoms with Gasteiger partial charge in [0.2, 0.25) is 0 Å². The summed E-state index contributed by atoms with van der Waals surface area (Å²) in [4.78, 5) is 41.9. The van der Waals surface area contributed by atoms with Crippen LogP contribution in [0.5, 0.6) is 0 Å².